The molecule has 0 radical (unpaired) electrons. The molecule has 0 aliphatic heterocycles. The van der Waals surface area contributed by atoms with E-state index in [4.69, 9.17) is 11.6 Å². The Morgan fingerprint density at radius 2 is 2.17 bits per heavy atom. The van der Waals surface area contributed by atoms with E-state index in [9.17, 15) is 0 Å². The number of benzene rings is 1. The van der Waals surface area contributed by atoms with Gasteiger partial charge in [-0.25, -0.2) is 4.98 Å². The lowest BCUT2D eigenvalue weighted by Gasteiger charge is -2.14. The predicted molar refractivity (Wildman–Crippen MR) is 100 cm³/mol. The van der Waals surface area contributed by atoms with Crippen molar-refractivity contribution in [3.8, 4) is 0 Å². The second-order valence-electron chi connectivity index (χ2n) is 6.12. The van der Waals surface area contributed by atoms with E-state index >= 15 is 0 Å². The van der Waals surface area contributed by atoms with Gasteiger partial charge in [0.2, 0.25) is 0 Å². The van der Waals surface area contributed by atoms with Crippen molar-refractivity contribution in [2.45, 2.75) is 33.4 Å². The van der Waals surface area contributed by atoms with Crippen molar-refractivity contribution in [1.29, 1.82) is 0 Å². The number of rotatable bonds is 7. The van der Waals surface area contributed by atoms with Gasteiger partial charge in [-0.1, -0.05) is 37.6 Å². The summed E-state index contributed by atoms with van der Waals surface area (Å²) in [5, 5.41) is 7.40. The molecule has 0 aliphatic carbocycles. The highest BCUT2D eigenvalue weighted by Gasteiger charge is 2.06. The molecule has 24 heavy (non-hydrogen) atoms. The standard InChI is InChI=1S/C18H26ClN5/c1-14(2)13-24-10-9-21-17(24)12-23-18(20-3)22-8-7-15-5-4-6-16(19)11-15/h4-6,9-11,14H,7-8,12-13H2,1-3H3,(H2,20,22,23). The van der Waals surface area contributed by atoms with E-state index in [2.05, 4.69) is 45.1 Å². The minimum absolute atomic E-state index is 0.591. The maximum absolute atomic E-state index is 6.01. The summed E-state index contributed by atoms with van der Waals surface area (Å²) in [7, 11) is 1.77. The topological polar surface area (TPSA) is 54.2 Å². The monoisotopic (exact) mass is 347 g/mol. The van der Waals surface area contributed by atoms with E-state index in [1.165, 1.54) is 5.56 Å². The van der Waals surface area contributed by atoms with Crippen LogP contribution in [0.1, 0.15) is 25.2 Å². The fourth-order valence-electron chi connectivity index (χ4n) is 2.47. The Kier molecular flexibility index (Phi) is 7.12. The van der Waals surface area contributed by atoms with Crippen LogP contribution in [0.3, 0.4) is 0 Å². The predicted octanol–water partition coefficient (Wildman–Crippen LogP) is 3.10. The highest BCUT2D eigenvalue weighted by Crippen LogP contribution is 2.10. The third-order valence-corrected chi connectivity index (χ3v) is 3.83. The van der Waals surface area contributed by atoms with Crippen LogP contribution in [0.25, 0.3) is 0 Å². The number of nitrogens with zero attached hydrogens (tertiary/aromatic N) is 3. The molecule has 1 heterocycles. The minimum atomic E-state index is 0.591. The zero-order chi connectivity index (χ0) is 17.4. The van der Waals surface area contributed by atoms with Gasteiger partial charge in [-0.15, -0.1) is 0 Å². The lowest BCUT2D eigenvalue weighted by Crippen LogP contribution is -2.38. The van der Waals surface area contributed by atoms with Crippen molar-refractivity contribution in [2.24, 2.45) is 10.9 Å². The highest BCUT2D eigenvalue weighted by atomic mass is 35.5. The van der Waals surface area contributed by atoms with E-state index in [1.54, 1.807) is 7.05 Å². The van der Waals surface area contributed by atoms with Crippen LogP contribution in [-0.4, -0.2) is 29.1 Å². The van der Waals surface area contributed by atoms with Crippen LogP contribution < -0.4 is 10.6 Å². The normalized spacial score (nSPS) is 11.8. The summed E-state index contributed by atoms with van der Waals surface area (Å²) in [6.07, 6.45) is 4.75. The van der Waals surface area contributed by atoms with Crippen LogP contribution >= 0.6 is 11.6 Å². The largest absolute Gasteiger partial charge is 0.356 e. The van der Waals surface area contributed by atoms with Crippen molar-refractivity contribution in [3.05, 3.63) is 53.1 Å². The lowest BCUT2D eigenvalue weighted by molar-refractivity contribution is 0.503. The zero-order valence-corrected chi connectivity index (χ0v) is 15.3. The molecule has 0 saturated carbocycles. The summed E-state index contributed by atoms with van der Waals surface area (Å²) < 4.78 is 2.18. The van der Waals surface area contributed by atoms with Crippen LogP contribution in [-0.2, 0) is 19.5 Å². The Bertz CT molecular complexity index is 663. The van der Waals surface area contributed by atoms with Crippen LogP contribution in [0.5, 0.6) is 0 Å². The van der Waals surface area contributed by atoms with Crippen LogP contribution in [0, 0.1) is 5.92 Å². The van der Waals surface area contributed by atoms with Crippen molar-refractivity contribution >= 4 is 17.6 Å². The van der Waals surface area contributed by atoms with Gasteiger partial charge < -0.3 is 15.2 Å². The fourth-order valence-corrected chi connectivity index (χ4v) is 2.68. The molecule has 1 aromatic carbocycles. The van der Waals surface area contributed by atoms with Gasteiger partial charge in [0.25, 0.3) is 0 Å². The number of hydrogen-bond acceptors (Lipinski definition) is 2. The molecule has 0 fully saturated rings. The molecule has 0 unspecified atom stereocenters. The minimum Gasteiger partial charge on any atom is -0.356 e. The molecule has 0 spiro atoms. The van der Waals surface area contributed by atoms with Crippen LogP contribution in [0.15, 0.2) is 41.7 Å². The molecule has 0 bridgehead atoms. The second-order valence-corrected chi connectivity index (χ2v) is 6.56. The first-order valence-corrected chi connectivity index (χ1v) is 8.65. The summed E-state index contributed by atoms with van der Waals surface area (Å²) in [6.45, 7) is 6.82. The maximum Gasteiger partial charge on any atom is 0.191 e. The summed E-state index contributed by atoms with van der Waals surface area (Å²) in [5.41, 5.74) is 1.21. The summed E-state index contributed by atoms with van der Waals surface area (Å²) >= 11 is 6.01. The first kappa shape index (κ1) is 18.3. The zero-order valence-electron chi connectivity index (χ0n) is 14.6. The Morgan fingerprint density at radius 3 is 2.88 bits per heavy atom. The fraction of sp³-hybridized carbons (Fsp3) is 0.444. The SMILES string of the molecule is CN=C(NCCc1cccc(Cl)c1)NCc1nccn1CC(C)C. The first-order chi connectivity index (χ1) is 11.6. The van der Waals surface area contributed by atoms with Crippen LogP contribution in [0.2, 0.25) is 5.02 Å². The number of aliphatic imine (C=N–C) groups is 1. The second kappa shape index (κ2) is 9.33. The first-order valence-electron chi connectivity index (χ1n) is 8.27. The molecule has 2 rings (SSSR count). The van der Waals surface area contributed by atoms with Gasteiger partial charge in [-0.2, -0.15) is 0 Å². The average molecular weight is 348 g/mol. The molecule has 0 saturated heterocycles. The molecule has 0 amide bonds. The molecular formula is C18H26ClN5. The summed E-state index contributed by atoms with van der Waals surface area (Å²) in [4.78, 5) is 8.67. The van der Waals surface area contributed by atoms with E-state index in [1.807, 2.05) is 30.6 Å². The van der Waals surface area contributed by atoms with Gasteiger partial charge in [0.15, 0.2) is 5.96 Å². The van der Waals surface area contributed by atoms with Crippen molar-refractivity contribution in [3.63, 3.8) is 0 Å². The number of guanidine groups is 1. The number of aromatic nitrogens is 2. The molecule has 1 aromatic heterocycles. The van der Waals surface area contributed by atoms with E-state index in [0.29, 0.717) is 12.5 Å². The molecule has 0 aliphatic rings. The van der Waals surface area contributed by atoms with E-state index in [-0.39, 0.29) is 0 Å². The maximum atomic E-state index is 6.01. The number of halogens is 1. The third kappa shape index (κ3) is 5.89. The average Bonchev–Trinajstić information content (AvgIpc) is 2.97. The Labute approximate surface area is 149 Å². The molecule has 130 valence electrons. The third-order valence-electron chi connectivity index (χ3n) is 3.60. The van der Waals surface area contributed by atoms with Crippen molar-refractivity contribution < 1.29 is 0 Å². The number of nitrogens with one attached hydrogen (secondary N) is 2. The molecular weight excluding hydrogens is 322 g/mol. The lowest BCUT2D eigenvalue weighted by atomic mass is 10.1. The van der Waals surface area contributed by atoms with Gasteiger partial charge in [0.1, 0.15) is 5.82 Å². The van der Waals surface area contributed by atoms with Gasteiger partial charge in [0, 0.05) is 37.6 Å². The Hall–Kier alpha value is -2.01. The van der Waals surface area contributed by atoms with Crippen molar-refractivity contribution in [1.82, 2.24) is 20.2 Å². The van der Waals surface area contributed by atoms with Gasteiger partial charge in [-0.05, 0) is 30.0 Å². The van der Waals surface area contributed by atoms with Gasteiger partial charge in [0.05, 0.1) is 6.54 Å². The van der Waals surface area contributed by atoms with Gasteiger partial charge in [-0.3, -0.25) is 4.99 Å². The van der Waals surface area contributed by atoms with E-state index in [0.717, 1.165) is 36.3 Å². The van der Waals surface area contributed by atoms with Crippen molar-refractivity contribution in [2.75, 3.05) is 13.6 Å². The van der Waals surface area contributed by atoms with Gasteiger partial charge >= 0.3 is 0 Å². The summed E-state index contributed by atoms with van der Waals surface area (Å²) in [5.74, 6) is 2.38. The molecule has 2 N–H and O–H groups in total. The number of hydrogen-bond donors (Lipinski definition) is 2. The summed E-state index contributed by atoms with van der Waals surface area (Å²) in [6, 6.07) is 7.92. The highest BCUT2D eigenvalue weighted by molar-refractivity contribution is 6.30. The Morgan fingerprint density at radius 1 is 1.33 bits per heavy atom. The quantitative estimate of drug-likeness (QED) is 0.597. The van der Waals surface area contributed by atoms with E-state index < -0.39 is 0 Å². The smallest absolute Gasteiger partial charge is 0.191 e. The molecule has 6 heteroatoms. The van der Waals surface area contributed by atoms with Crippen LogP contribution in [0.4, 0.5) is 0 Å². The Balaban J connectivity index is 1.79. The molecule has 2 aromatic rings. The number of imidazole rings is 1. The molecule has 5 nitrogen and oxygen atoms in total. The molecule has 0 atom stereocenters.